The molecule has 0 radical (unpaired) electrons. The van der Waals surface area contributed by atoms with Gasteiger partial charge >= 0.3 is 0 Å². The van der Waals surface area contributed by atoms with E-state index in [1.54, 1.807) is 6.07 Å². The molecule has 0 bridgehead atoms. The third-order valence-electron chi connectivity index (χ3n) is 2.21. The summed E-state index contributed by atoms with van der Waals surface area (Å²) in [5.41, 5.74) is 0.569. The number of hydrogen-bond donors (Lipinski definition) is 2. The third kappa shape index (κ3) is 1.93. The number of ether oxygens (including phenoxy) is 2. The number of benzene rings is 1. The molecule has 0 saturated heterocycles. The highest BCUT2D eigenvalue weighted by Gasteiger charge is 2.16. The SMILES string of the molecule is C=CC(=O)NCc1cc2c(cc1O)OCO2. The fourth-order valence-electron chi connectivity index (χ4n) is 1.37. The summed E-state index contributed by atoms with van der Waals surface area (Å²) in [6, 6.07) is 3.11. The number of hydrogen-bond acceptors (Lipinski definition) is 4. The maximum atomic E-state index is 11.0. The lowest BCUT2D eigenvalue weighted by atomic mass is 10.1. The van der Waals surface area contributed by atoms with Crippen LogP contribution in [0.15, 0.2) is 24.8 Å². The van der Waals surface area contributed by atoms with Gasteiger partial charge in [0.25, 0.3) is 0 Å². The van der Waals surface area contributed by atoms with Gasteiger partial charge < -0.3 is 19.9 Å². The summed E-state index contributed by atoms with van der Waals surface area (Å²) < 4.78 is 10.3. The van der Waals surface area contributed by atoms with Gasteiger partial charge in [-0.1, -0.05) is 6.58 Å². The lowest BCUT2D eigenvalue weighted by Crippen LogP contribution is -2.19. The van der Waals surface area contributed by atoms with Crippen LogP contribution in [0.3, 0.4) is 0 Å². The van der Waals surface area contributed by atoms with Crippen molar-refractivity contribution in [2.45, 2.75) is 6.54 Å². The van der Waals surface area contributed by atoms with Crippen LogP contribution in [0.4, 0.5) is 0 Å². The van der Waals surface area contributed by atoms with Crippen LogP contribution in [0.1, 0.15) is 5.56 Å². The summed E-state index contributed by atoms with van der Waals surface area (Å²) in [6.45, 7) is 3.70. The number of rotatable bonds is 3. The normalized spacial score (nSPS) is 12.2. The standard InChI is InChI=1S/C11H11NO4/c1-2-11(14)12-5-7-3-9-10(4-8(7)13)16-6-15-9/h2-4,13H,1,5-6H2,(H,12,14). The average Bonchev–Trinajstić information content (AvgIpc) is 2.72. The molecule has 2 rings (SSSR count). The predicted molar refractivity (Wildman–Crippen MR) is 56.3 cm³/mol. The fourth-order valence-corrected chi connectivity index (χ4v) is 1.37. The van der Waals surface area contributed by atoms with E-state index in [-0.39, 0.29) is 25.0 Å². The van der Waals surface area contributed by atoms with Crippen molar-refractivity contribution in [3.63, 3.8) is 0 Å². The van der Waals surface area contributed by atoms with Gasteiger partial charge in [0.05, 0.1) is 0 Å². The number of nitrogens with one attached hydrogen (secondary N) is 1. The second-order valence-electron chi connectivity index (χ2n) is 3.26. The van der Waals surface area contributed by atoms with Crippen LogP contribution < -0.4 is 14.8 Å². The maximum Gasteiger partial charge on any atom is 0.243 e. The summed E-state index contributed by atoms with van der Waals surface area (Å²) in [6.07, 6.45) is 1.17. The van der Waals surface area contributed by atoms with E-state index < -0.39 is 0 Å². The minimum Gasteiger partial charge on any atom is -0.507 e. The molecule has 1 heterocycles. The maximum absolute atomic E-state index is 11.0. The van der Waals surface area contributed by atoms with E-state index in [9.17, 15) is 9.90 Å². The average molecular weight is 221 g/mol. The number of phenolic OH excluding ortho intramolecular Hbond substituents is 1. The van der Waals surface area contributed by atoms with Gasteiger partial charge in [0, 0.05) is 18.2 Å². The molecule has 0 atom stereocenters. The minimum absolute atomic E-state index is 0.0635. The summed E-state index contributed by atoms with van der Waals surface area (Å²) >= 11 is 0. The Kier molecular flexibility index (Phi) is 2.68. The van der Waals surface area contributed by atoms with Crippen LogP contribution in [-0.4, -0.2) is 17.8 Å². The first-order valence-electron chi connectivity index (χ1n) is 4.72. The van der Waals surface area contributed by atoms with Crippen molar-refractivity contribution in [3.8, 4) is 17.2 Å². The Morgan fingerprint density at radius 3 is 2.88 bits per heavy atom. The van der Waals surface area contributed by atoms with Gasteiger partial charge in [0.15, 0.2) is 11.5 Å². The first-order chi connectivity index (χ1) is 7.70. The molecule has 0 aromatic heterocycles. The Labute approximate surface area is 92.3 Å². The van der Waals surface area contributed by atoms with Gasteiger partial charge in [-0.2, -0.15) is 0 Å². The van der Waals surface area contributed by atoms with Gasteiger partial charge in [-0.3, -0.25) is 4.79 Å². The molecule has 0 aliphatic carbocycles. The molecule has 2 N–H and O–H groups in total. The molecule has 1 aromatic carbocycles. The molecule has 5 nitrogen and oxygen atoms in total. The van der Waals surface area contributed by atoms with Crippen molar-refractivity contribution in [1.82, 2.24) is 5.32 Å². The van der Waals surface area contributed by atoms with E-state index in [0.717, 1.165) is 0 Å². The van der Waals surface area contributed by atoms with E-state index in [0.29, 0.717) is 17.1 Å². The molecular formula is C11H11NO4. The first-order valence-corrected chi connectivity index (χ1v) is 4.72. The van der Waals surface area contributed by atoms with Crippen LogP contribution in [-0.2, 0) is 11.3 Å². The highest BCUT2D eigenvalue weighted by Crippen LogP contribution is 2.37. The summed E-state index contributed by atoms with van der Waals surface area (Å²) in [7, 11) is 0. The largest absolute Gasteiger partial charge is 0.507 e. The highest BCUT2D eigenvalue weighted by molar-refractivity contribution is 5.86. The predicted octanol–water partition coefficient (Wildman–Crippen LogP) is 0.923. The van der Waals surface area contributed by atoms with Gasteiger partial charge in [-0.05, 0) is 12.1 Å². The molecule has 1 aliphatic rings. The van der Waals surface area contributed by atoms with Crippen molar-refractivity contribution < 1.29 is 19.4 Å². The second kappa shape index (κ2) is 4.14. The lowest BCUT2D eigenvalue weighted by molar-refractivity contribution is -0.116. The zero-order chi connectivity index (χ0) is 11.5. The lowest BCUT2D eigenvalue weighted by Gasteiger charge is -2.06. The van der Waals surface area contributed by atoms with Crippen molar-refractivity contribution in [2.75, 3.05) is 6.79 Å². The van der Waals surface area contributed by atoms with Crippen LogP contribution in [0.25, 0.3) is 0 Å². The summed E-state index contributed by atoms with van der Waals surface area (Å²) in [5, 5.41) is 12.2. The van der Waals surface area contributed by atoms with Gasteiger partial charge in [0.1, 0.15) is 5.75 Å². The highest BCUT2D eigenvalue weighted by atomic mass is 16.7. The quantitative estimate of drug-likeness (QED) is 0.745. The Hall–Kier alpha value is -2.17. The van der Waals surface area contributed by atoms with Crippen molar-refractivity contribution in [2.24, 2.45) is 0 Å². The summed E-state index contributed by atoms with van der Waals surface area (Å²) in [5.74, 6) is 0.850. The van der Waals surface area contributed by atoms with Crippen LogP contribution in [0, 0.1) is 0 Å². The molecule has 5 heteroatoms. The van der Waals surface area contributed by atoms with E-state index in [1.807, 2.05) is 0 Å². The number of fused-ring (bicyclic) bond motifs is 1. The molecule has 0 unspecified atom stereocenters. The number of carbonyl (C=O) groups excluding carboxylic acids is 1. The number of aromatic hydroxyl groups is 1. The van der Waals surface area contributed by atoms with Crippen molar-refractivity contribution >= 4 is 5.91 Å². The summed E-state index contributed by atoms with van der Waals surface area (Å²) in [4.78, 5) is 11.0. The van der Waals surface area contributed by atoms with Crippen molar-refractivity contribution in [1.29, 1.82) is 0 Å². The number of amides is 1. The fraction of sp³-hybridized carbons (Fsp3) is 0.182. The van der Waals surface area contributed by atoms with Gasteiger partial charge in [0.2, 0.25) is 12.7 Å². The third-order valence-corrected chi connectivity index (χ3v) is 2.21. The van der Waals surface area contributed by atoms with Crippen LogP contribution in [0.5, 0.6) is 17.2 Å². The molecule has 16 heavy (non-hydrogen) atoms. The number of carbonyl (C=O) groups is 1. The van der Waals surface area contributed by atoms with Gasteiger partial charge in [-0.15, -0.1) is 0 Å². The molecule has 0 saturated carbocycles. The van der Waals surface area contributed by atoms with E-state index >= 15 is 0 Å². The Bertz CT molecular complexity index is 442. The topological polar surface area (TPSA) is 67.8 Å². The first kappa shape index (κ1) is 10.4. The zero-order valence-corrected chi connectivity index (χ0v) is 8.53. The van der Waals surface area contributed by atoms with Crippen LogP contribution >= 0.6 is 0 Å². The van der Waals surface area contributed by atoms with E-state index in [2.05, 4.69) is 11.9 Å². The Balaban J connectivity index is 2.15. The molecule has 0 fully saturated rings. The molecule has 1 aromatic rings. The molecule has 0 spiro atoms. The monoisotopic (exact) mass is 221 g/mol. The van der Waals surface area contributed by atoms with Crippen molar-refractivity contribution in [3.05, 3.63) is 30.4 Å². The molecule has 84 valence electrons. The van der Waals surface area contributed by atoms with Gasteiger partial charge in [-0.25, -0.2) is 0 Å². The molecule has 1 aliphatic heterocycles. The zero-order valence-electron chi connectivity index (χ0n) is 8.53. The molecular weight excluding hydrogens is 210 g/mol. The van der Waals surface area contributed by atoms with E-state index in [1.165, 1.54) is 12.1 Å². The Morgan fingerprint density at radius 2 is 2.19 bits per heavy atom. The van der Waals surface area contributed by atoms with E-state index in [4.69, 9.17) is 9.47 Å². The van der Waals surface area contributed by atoms with Crippen LogP contribution in [0.2, 0.25) is 0 Å². The minimum atomic E-state index is -0.294. The second-order valence-corrected chi connectivity index (χ2v) is 3.26. The Morgan fingerprint density at radius 1 is 1.50 bits per heavy atom. The number of phenols is 1. The smallest absolute Gasteiger partial charge is 0.243 e. The molecule has 1 amide bonds.